The van der Waals surface area contributed by atoms with Gasteiger partial charge in [0.25, 0.3) is 11.9 Å². The second-order valence-corrected chi connectivity index (χ2v) is 4.87. The van der Waals surface area contributed by atoms with Gasteiger partial charge in [-0.15, -0.1) is 0 Å². The van der Waals surface area contributed by atoms with Gasteiger partial charge in [0.2, 0.25) is 0 Å². The zero-order chi connectivity index (χ0) is 16.6. The summed E-state index contributed by atoms with van der Waals surface area (Å²) in [6.07, 6.45) is 0. The molecule has 0 fully saturated rings. The van der Waals surface area contributed by atoms with Crippen LogP contribution in [0.15, 0.2) is 42.5 Å². The summed E-state index contributed by atoms with van der Waals surface area (Å²) in [4.78, 5) is 2.51. The summed E-state index contributed by atoms with van der Waals surface area (Å²) >= 11 is 0. The topological polar surface area (TPSA) is 36.7 Å². The van der Waals surface area contributed by atoms with Crippen LogP contribution in [0.2, 0.25) is 0 Å². The van der Waals surface area contributed by atoms with Crippen molar-refractivity contribution in [1.82, 2.24) is 4.98 Å². The highest BCUT2D eigenvalue weighted by Crippen LogP contribution is 2.34. The SMILES string of the molecule is N#CC(c1c(F)c(F)nc(F)c1F)c1cccc2ccccc12. The number of benzene rings is 2. The molecule has 0 aliphatic rings. The Bertz CT molecular complexity index is 916. The molecule has 1 atom stereocenters. The lowest BCUT2D eigenvalue weighted by Gasteiger charge is -2.15. The van der Waals surface area contributed by atoms with Crippen molar-refractivity contribution in [3.63, 3.8) is 0 Å². The van der Waals surface area contributed by atoms with E-state index >= 15 is 0 Å². The second kappa shape index (κ2) is 5.69. The van der Waals surface area contributed by atoms with Crippen LogP contribution in [0.4, 0.5) is 17.6 Å². The lowest BCUT2D eigenvalue weighted by Crippen LogP contribution is -2.11. The van der Waals surface area contributed by atoms with Crippen molar-refractivity contribution in [3.05, 3.63) is 77.1 Å². The lowest BCUT2D eigenvalue weighted by atomic mass is 9.88. The minimum atomic E-state index is -1.78. The molecule has 0 spiro atoms. The third-order valence-electron chi connectivity index (χ3n) is 3.58. The molecule has 0 bridgehead atoms. The van der Waals surface area contributed by atoms with Gasteiger partial charge in [0.05, 0.1) is 11.6 Å². The summed E-state index contributed by atoms with van der Waals surface area (Å²) < 4.78 is 54.6. The Morgan fingerprint density at radius 2 is 1.48 bits per heavy atom. The molecule has 3 rings (SSSR count). The van der Waals surface area contributed by atoms with Crippen molar-refractivity contribution >= 4 is 10.8 Å². The first kappa shape index (κ1) is 15.0. The highest BCUT2D eigenvalue weighted by atomic mass is 19.2. The van der Waals surface area contributed by atoms with E-state index < -0.39 is 35.0 Å². The fourth-order valence-electron chi connectivity index (χ4n) is 2.55. The van der Waals surface area contributed by atoms with E-state index in [-0.39, 0.29) is 5.56 Å². The highest BCUT2D eigenvalue weighted by Gasteiger charge is 2.29. The molecule has 3 aromatic rings. The maximum Gasteiger partial charge on any atom is 0.252 e. The molecule has 1 unspecified atom stereocenters. The van der Waals surface area contributed by atoms with Crippen LogP contribution in [0.25, 0.3) is 10.8 Å². The van der Waals surface area contributed by atoms with Gasteiger partial charge >= 0.3 is 0 Å². The molecule has 0 aliphatic carbocycles. The van der Waals surface area contributed by atoms with Crippen LogP contribution in [-0.2, 0) is 0 Å². The van der Waals surface area contributed by atoms with E-state index in [1.54, 1.807) is 42.5 Å². The van der Waals surface area contributed by atoms with Gasteiger partial charge in [-0.05, 0) is 16.3 Å². The Balaban J connectivity index is 2.32. The zero-order valence-electron chi connectivity index (χ0n) is 11.5. The van der Waals surface area contributed by atoms with Gasteiger partial charge < -0.3 is 0 Å². The summed E-state index contributed by atoms with van der Waals surface area (Å²) in [6, 6.07) is 13.5. The summed E-state index contributed by atoms with van der Waals surface area (Å²) in [6.45, 7) is 0. The quantitative estimate of drug-likeness (QED) is 0.517. The van der Waals surface area contributed by atoms with E-state index in [0.717, 1.165) is 5.39 Å². The second-order valence-electron chi connectivity index (χ2n) is 4.87. The van der Waals surface area contributed by atoms with Gasteiger partial charge in [-0.2, -0.15) is 19.0 Å². The summed E-state index contributed by atoms with van der Waals surface area (Å²) in [7, 11) is 0. The van der Waals surface area contributed by atoms with E-state index in [9.17, 15) is 22.8 Å². The number of nitrogens with zero attached hydrogens (tertiary/aromatic N) is 2. The van der Waals surface area contributed by atoms with Crippen LogP contribution in [0.5, 0.6) is 0 Å². The maximum atomic E-state index is 14.0. The number of rotatable bonds is 2. The molecular formula is C17H8F4N2. The van der Waals surface area contributed by atoms with Crippen molar-refractivity contribution in [1.29, 1.82) is 5.26 Å². The van der Waals surface area contributed by atoms with E-state index in [2.05, 4.69) is 4.98 Å². The molecule has 2 nitrogen and oxygen atoms in total. The van der Waals surface area contributed by atoms with Crippen LogP contribution >= 0.6 is 0 Å². The van der Waals surface area contributed by atoms with Crippen molar-refractivity contribution in [2.45, 2.75) is 5.92 Å². The summed E-state index contributed by atoms with van der Waals surface area (Å²) in [5, 5.41) is 10.7. The van der Waals surface area contributed by atoms with Crippen molar-refractivity contribution in [2.24, 2.45) is 0 Å². The molecule has 0 saturated carbocycles. The standard InChI is InChI=1S/C17H8F4N2/c18-14-13(15(19)17(21)23-16(14)20)12(8-22)11-7-3-5-9-4-1-2-6-10(9)11/h1-7,12H. The average Bonchev–Trinajstić information content (AvgIpc) is 2.56. The first-order valence-corrected chi connectivity index (χ1v) is 6.61. The number of nitriles is 1. The summed E-state index contributed by atoms with van der Waals surface area (Å²) in [5.41, 5.74) is -0.720. The molecule has 1 heterocycles. The van der Waals surface area contributed by atoms with Gasteiger partial charge in [-0.3, -0.25) is 0 Å². The minimum Gasteiger partial charge on any atom is -0.201 e. The molecule has 0 saturated heterocycles. The molecule has 2 aromatic carbocycles. The molecule has 1 aromatic heterocycles. The highest BCUT2D eigenvalue weighted by molar-refractivity contribution is 5.87. The van der Waals surface area contributed by atoms with Gasteiger partial charge in [-0.1, -0.05) is 42.5 Å². The van der Waals surface area contributed by atoms with Crippen LogP contribution in [0.3, 0.4) is 0 Å². The Hall–Kier alpha value is -2.94. The van der Waals surface area contributed by atoms with Crippen molar-refractivity contribution in [2.75, 3.05) is 0 Å². The molecular weight excluding hydrogens is 308 g/mol. The molecule has 23 heavy (non-hydrogen) atoms. The maximum absolute atomic E-state index is 14.0. The van der Waals surface area contributed by atoms with Crippen LogP contribution in [0, 0.1) is 34.9 Å². The first-order valence-electron chi connectivity index (χ1n) is 6.61. The van der Waals surface area contributed by atoms with Gasteiger partial charge in [0, 0.05) is 0 Å². The predicted octanol–water partition coefficient (Wildman–Crippen LogP) is 4.45. The Labute approximate surface area is 128 Å². The lowest BCUT2D eigenvalue weighted by molar-refractivity contribution is 0.395. The zero-order valence-corrected chi connectivity index (χ0v) is 11.5. The number of halogens is 4. The fraction of sp³-hybridized carbons (Fsp3) is 0.0588. The van der Waals surface area contributed by atoms with Gasteiger partial charge in [0.15, 0.2) is 11.6 Å². The summed E-state index contributed by atoms with van der Waals surface area (Å²) in [5.74, 6) is -8.39. The largest absolute Gasteiger partial charge is 0.252 e. The predicted molar refractivity (Wildman–Crippen MR) is 75.5 cm³/mol. The molecule has 6 heteroatoms. The molecule has 0 radical (unpaired) electrons. The molecule has 0 N–H and O–H groups in total. The van der Waals surface area contributed by atoms with Crippen LogP contribution in [0.1, 0.15) is 17.0 Å². The van der Waals surface area contributed by atoms with E-state index in [4.69, 9.17) is 0 Å². The third-order valence-corrected chi connectivity index (χ3v) is 3.58. The van der Waals surface area contributed by atoms with E-state index in [1.165, 1.54) is 6.07 Å². The van der Waals surface area contributed by atoms with E-state index in [0.29, 0.717) is 5.39 Å². The Morgan fingerprint density at radius 3 is 2.13 bits per heavy atom. The Kier molecular flexibility index (Phi) is 3.70. The number of hydrogen-bond donors (Lipinski definition) is 0. The molecule has 0 amide bonds. The molecule has 0 aliphatic heterocycles. The van der Waals surface area contributed by atoms with Crippen LogP contribution < -0.4 is 0 Å². The third kappa shape index (κ3) is 2.40. The van der Waals surface area contributed by atoms with Crippen molar-refractivity contribution in [3.8, 4) is 6.07 Å². The molecule has 114 valence electrons. The fourth-order valence-corrected chi connectivity index (χ4v) is 2.55. The number of aromatic nitrogens is 1. The van der Waals surface area contributed by atoms with Gasteiger partial charge in [-0.25, -0.2) is 8.78 Å². The number of hydrogen-bond acceptors (Lipinski definition) is 2. The first-order chi connectivity index (χ1) is 11.0. The monoisotopic (exact) mass is 316 g/mol. The van der Waals surface area contributed by atoms with Crippen molar-refractivity contribution < 1.29 is 17.6 Å². The normalized spacial score (nSPS) is 12.1. The number of fused-ring (bicyclic) bond motifs is 1. The number of pyridine rings is 1. The van der Waals surface area contributed by atoms with E-state index in [1.807, 2.05) is 0 Å². The average molecular weight is 316 g/mol. The smallest absolute Gasteiger partial charge is 0.201 e. The Morgan fingerprint density at radius 1 is 0.870 bits per heavy atom. The minimum absolute atomic E-state index is 0.258. The van der Waals surface area contributed by atoms with Crippen LogP contribution in [-0.4, -0.2) is 4.98 Å². The van der Waals surface area contributed by atoms with Gasteiger partial charge in [0.1, 0.15) is 5.92 Å².